The van der Waals surface area contributed by atoms with Crippen molar-refractivity contribution < 1.29 is 27.5 Å². The number of hydrogen-bond acceptors (Lipinski definition) is 3. The van der Waals surface area contributed by atoms with Crippen molar-refractivity contribution in [2.45, 2.75) is 13.1 Å². The summed E-state index contributed by atoms with van der Waals surface area (Å²) in [6, 6.07) is 5.67. The molecule has 116 valence electrons. The molecule has 4 nitrogen and oxygen atoms in total. The first-order valence-corrected chi connectivity index (χ1v) is 6.41. The molecular formula is C15H12F3NO3. The lowest BCUT2D eigenvalue weighted by Gasteiger charge is -2.10. The van der Waals surface area contributed by atoms with Gasteiger partial charge in [-0.15, -0.1) is 0 Å². The summed E-state index contributed by atoms with van der Waals surface area (Å²) in [5.41, 5.74) is -1.52. The van der Waals surface area contributed by atoms with Crippen LogP contribution in [0.4, 0.5) is 13.2 Å². The molecule has 2 rings (SSSR count). The molecule has 0 aliphatic carbocycles. The first-order chi connectivity index (χ1) is 10.3. The van der Waals surface area contributed by atoms with E-state index in [4.69, 9.17) is 4.74 Å². The molecule has 2 aromatic rings. The van der Waals surface area contributed by atoms with Crippen LogP contribution in [0.2, 0.25) is 0 Å². The van der Waals surface area contributed by atoms with E-state index in [1.807, 2.05) is 0 Å². The molecule has 1 N–H and O–H groups in total. The predicted molar refractivity (Wildman–Crippen MR) is 71.6 cm³/mol. The van der Waals surface area contributed by atoms with Crippen LogP contribution in [-0.2, 0) is 10.9 Å². The second-order valence-corrected chi connectivity index (χ2v) is 4.39. The van der Waals surface area contributed by atoms with Crippen LogP contribution < -0.4 is 0 Å². The summed E-state index contributed by atoms with van der Waals surface area (Å²) in [7, 11) is 0. The molecule has 0 aliphatic heterocycles. The number of alkyl halides is 3. The van der Waals surface area contributed by atoms with Crippen LogP contribution in [0.15, 0.2) is 36.5 Å². The number of esters is 1. The van der Waals surface area contributed by atoms with Crippen molar-refractivity contribution in [1.82, 2.24) is 4.98 Å². The third-order valence-electron chi connectivity index (χ3n) is 2.92. The van der Waals surface area contributed by atoms with Crippen molar-refractivity contribution in [2.24, 2.45) is 0 Å². The van der Waals surface area contributed by atoms with Gasteiger partial charge in [-0.25, -0.2) is 4.79 Å². The number of carbonyl (C=O) groups is 2. The Morgan fingerprint density at radius 1 is 1.23 bits per heavy atom. The zero-order chi connectivity index (χ0) is 16.3. The maximum atomic E-state index is 12.9. The largest absolute Gasteiger partial charge is 0.461 e. The normalized spacial score (nSPS) is 11.3. The van der Waals surface area contributed by atoms with Gasteiger partial charge in [-0.1, -0.05) is 18.2 Å². The van der Waals surface area contributed by atoms with Crippen LogP contribution in [0, 0.1) is 0 Å². The lowest BCUT2D eigenvalue weighted by molar-refractivity contribution is -0.137. The van der Waals surface area contributed by atoms with E-state index in [9.17, 15) is 22.8 Å². The highest BCUT2D eigenvalue weighted by Crippen LogP contribution is 2.32. The average Bonchev–Trinajstić information content (AvgIpc) is 2.96. The number of nitrogens with one attached hydrogen (secondary N) is 1. The molecule has 0 radical (unpaired) electrons. The minimum absolute atomic E-state index is 0.00897. The molecule has 0 saturated carbocycles. The van der Waals surface area contributed by atoms with E-state index >= 15 is 0 Å². The molecule has 1 heterocycles. The Morgan fingerprint density at radius 2 is 1.91 bits per heavy atom. The number of benzene rings is 1. The summed E-state index contributed by atoms with van der Waals surface area (Å²) in [4.78, 5) is 26.3. The summed E-state index contributed by atoms with van der Waals surface area (Å²) in [6.07, 6.45) is -3.45. The number of carbonyl (C=O) groups excluding carboxylic acids is 2. The quantitative estimate of drug-likeness (QED) is 0.695. The molecule has 0 aliphatic rings. The molecular weight excluding hydrogens is 299 g/mol. The van der Waals surface area contributed by atoms with E-state index < -0.39 is 29.1 Å². The highest BCUT2D eigenvalue weighted by atomic mass is 19.4. The first kappa shape index (κ1) is 15.8. The van der Waals surface area contributed by atoms with Gasteiger partial charge in [-0.3, -0.25) is 4.79 Å². The molecule has 1 aromatic heterocycles. The standard InChI is InChI=1S/C15H12F3NO3/c1-2-22-14(21)12-7-9(8-19-12)13(20)10-5-3-4-6-11(10)15(16,17)18/h3-8,19H,2H2,1H3. The van der Waals surface area contributed by atoms with Crippen molar-refractivity contribution in [3.05, 3.63) is 58.9 Å². The Morgan fingerprint density at radius 3 is 2.55 bits per heavy atom. The molecule has 22 heavy (non-hydrogen) atoms. The van der Waals surface area contributed by atoms with Crippen molar-refractivity contribution in [1.29, 1.82) is 0 Å². The third-order valence-corrected chi connectivity index (χ3v) is 2.92. The van der Waals surface area contributed by atoms with E-state index in [-0.39, 0.29) is 17.9 Å². The van der Waals surface area contributed by atoms with Crippen LogP contribution in [-0.4, -0.2) is 23.3 Å². The SMILES string of the molecule is CCOC(=O)c1cc(C(=O)c2ccccc2C(F)(F)F)c[nH]1. The van der Waals surface area contributed by atoms with Crippen LogP contribution >= 0.6 is 0 Å². The van der Waals surface area contributed by atoms with Crippen molar-refractivity contribution in [3.63, 3.8) is 0 Å². The highest BCUT2D eigenvalue weighted by molar-refractivity contribution is 6.10. The first-order valence-electron chi connectivity index (χ1n) is 6.41. The Hall–Kier alpha value is -2.57. The maximum Gasteiger partial charge on any atom is 0.417 e. The van der Waals surface area contributed by atoms with Crippen molar-refractivity contribution in [2.75, 3.05) is 6.61 Å². The van der Waals surface area contributed by atoms with Gasteiger partial charge in [-0.2, -0.15) is 13.2 Å². The van der Waals surface area contributed by atoms with Crippen LogP contribution in [0.1, 0.15) is 38.9 Å². The second-order valence-electron chi connectivity index (χ2n) is 4.39. The third kappa shape index (κ3) is 3.19. The zero-order valence-corrected chi connectivity index (χ0v) is 11.5. The molecule has 0 unspecified atom stereocenters. The Kier molecular flexibility index (Phi) is 4.35. The summed E-state index contributed by atoms with van der Waals surface area (Å²) in [6.45, 7) is 1.77. The van der Waals surface area contributed by atoms with Gasteiger partial charge in [0.2, 0.25) is 0 Å². The van der Waals surface area contributed by atoms with Gasteiger partial charge in [0, 0.05) is 17.3 Å². The van der Waals surface area contributed by atoms with Crippen LogP contribution in [0.3, 0.4) is 0 Å². The molecule has 0 amide bonds. The molecule has 0 spiro atoms. The predicted octanol–water partition coefficient (Wildman–Crippen LogP) is 3.44. The molecule has 1 aromatic carbocycles. The van der Waals surface area contributed by atoms with E-state index in [0.717, 1.165) is 12.1 Å². The minimum atomic E-state index is -4.63. The summed E-state index contributed by atoms with van der Waals surface area (Å²) in [5.74, 6) is -1.50. The lowest BCUT2D eigenvalue weighted by atomic mass is 9.99. The number of rotatable bonds is 4. The fourth-order valence-corrected chi connectivity index (χ4v) is 1.94. The summed E-state index contributed by atoms with van der Waals surface area (Å²) >= 11 is 0. The fourth-order valence-electron chi connectivity index (χ4n) is 1.94. The molecule has 0 fully saturated rings. The van der Waals surface area contributed by atoms with Gasteiger partial charge in [0.05, 0.1) is 12.2 Å². The number of ether oxygens (including phenoxy) is 1. The topological polar surface area (TPSA) is 59.2 Å². The van der Waals surface area contributed by atoms with Gasteiger partial charge < -0.3 is 9.72 Å². The van der Waals surface area contributed by atoms with Gasteiger partial charge in [0.15, 0.2) is 5.78 Å². The van der Waals surface area contributed by atoms with Crippen molar-refractivity contribution >= 4 is 11.8 Å². The fraction of sp³-hybridized carbons (Fsp3) is 0.200. The van der Waals surface area contributed by atoms with E-state index in [1.54, 1.807) is 6.92 Å². The average molecular weight is 311 g/mol. The highest BCUT2D eigenvalue weighted by Gasteiger charge is 2.35. The molecule has 0 atom stereocenters. The number of hydrogen-bond donors (Lipinski definition) is 1. The van der Waals surface area contributed by atoms with E-state index in [0.29, 0.717) is 0 Å². The molecule has 0 saturated heterocycles. The smallest absolute Gasteiger partial charge is 0.417 e. The number of halogens is 3. The Labute approximate surface area is 123 Å². The lowest BCUT2D eigenvalue weighted by Crippen LogP contribution is -2.13. The Bertz CT molecular complexity index is 704. The summed E-state index contributed by atoms with van der Waals surface area (Å²) in [5, 5.41) is 0. The second kappa shape index (κ2) is 6.05. The van der Waals surface area contributed by atoms with Crippen LogP contribution in [0.25, 0.3) is 0 Å². The monoisotopic (exact) mass is 311 g/mol. The van der Waals surface area contributed by atoms with Gasteiger partial charge in [0.1, 0.15) is 5.69 Å². The summed E-state index contributed by atoms with van der Waals surface area (Å²) < 4.78 is 43.5. The molecule has 0 bridgehead atoms. The van der Waals surface area contributed by atoms with Gasteiger partial charge in [0.25, 0.3) is 0 Å². The van der Waals surface area contributed by atoms with E-state index in [2.05, 4.69) is 4.98 Å². The number of ketones is 1. The number of aromatic amines is 1. The van der Waals surface area contributed by atoms with Crippen molar-refractivity contribution in [3.8, 4) is 0 Å². The minimum Gasteiger partial charge on any atom is -0.461 e. The maximum absolute atomic E-state index is 12.9. The van der Waals surface area contributed by atoms with Gasteiger partial charge >= 0.3 is 12.1 Å². The zero-order valence-electron chi connectivity index (χ0n) is 11.5. The Balaban J connectivity index is 2.36. The number of H-pyrrole nitrogens is 1. The van der Waals surface area contributed by atoms with E-state index in [1.165, 1.54) is 24.4 Å². The molecule has 7 heteroatoms. The van der Waals surface area contributed by atoms with Crippen LogP contribution in [0.5, 0.6) is 0 Å². The number of aromatic nitrogens is 1. The van der Waals surface area contributed by atoms with Gasteiger partial charge in [-0.05, 0) is 19.1 Å².